The lowest BCUT2D eigenvalue weighted by atomic mass is 9.95. The number of alkyl carbamates (subject to hydrolysis) is 1. The molecule has 0 spiro atoms. The number of rotatable bonds is 11. The van der Waals surface area contributed by atoms with Crippen LogP contribution in [0.5, 0.6) is 0 Å². The maximum absolute atomic E-state index is 13.2. The van der Waals surface area contributed by atoms with Gasteiger partial charge in [-0.1, -0.05) is 44.2 Å². The predicted molar refractivity (Wildman–Crippen MR) is 151 cm³/mol. The van der Waals surface area contributed by atoms with Gasteiger partial charge in [0.25, 0.3) is 0 Å². The maximum Gasteiger partial charge on any atom is 0.408 e. The number of ether oxygens (including phenoxy) is 2. The van der Waals surface area contributed by atoms with Gasteiger partial charge in [0, 0.05) is 0 Å². The van der Waals surface area contributed by atoms with Crippen molar-refractivity contribution in [2.45, 2.75) is 111 Å². The molecule has 4 amide bonds. The summed E-state index contributed by atoms with van der Waals surface area (Å²) in [5.41, 5.74) is -4.28. The van der Waals surface area contributed by atoms with E-state index in [2.05, 4.69) is 21.3 Å². The highest BCUT2D eigenvalue weighted by molar-refractivity contribution is 5.98. The van der Waals surface area contributed by atoms with E-state index >= 15 is 0 Å². The van der Waals surface area contributed by atoms with Crippen molar-refractivity contribution in [2.24, 2.45) is 5.92 Å². The number of carbonyl (C=O) groups is 5. The molecule has 1 rings (SSSR count). The van der Waals surface area contributed by atoms with Crippen LogP contribution in [0.15, 0.2) is 30.3 Å². The van der Waals surface area contributed by atoms with E-state index in [9.17, 15) is 24.0 Å². The Morgan fingerprint density at radius 1 is 0.700 bits per heavy atom. The summed E-state index contributed by atoms with van der Waals surface area (Å²) in [6.45, 7) is 17.6. The van der Waals surface area contributed by atoms with Gasteiger partial charge in [0.15, 0.2) is 0 Å². The van der Waals surface area contributed by atoms with Gasteiger partial charge < -0.3 is 30.7 Å². The van der Waals surface area contributed by atoms with Gasteiger partial charge in [-0.25, -0.2) is 9.59 Å². The normalized spacial score (nSPS) is 13.1. The van der Waals surface area contributed by atoms with Gasteiger partial charge in [0.2, 0.25) is 17.7 Å². The van der Waals surface area contributed by atoms with Gasteiger partial charge in [-0.3, -0.25) is 14.4 Å². The molecule has 1 aromatic rings. The van der Waals surface area contributed by atoms with Crippen LogP contribution >= 0.6 is 0 Å². The summed E-state index contributed by atoms with van der Waals surface area (Å²) in [5, 5.41) is 10.4. The first-order valence-electron chi connectivity index (χ1n) is 13.3. The van der Waals surface area contributed by atoms with Crippen molar-refractivity contribution < 1.29 is 33.4 Å². The SMILES string of the molecule is CC(C)[C@H](NC(=O)C(C)(C)NC(=O)C(C)(C)NC(=O)C(C)(C)NC(=O)OCc1ccccc1)C(=O)OC(C)(C)C. The Labute approximate surface area is 237 Å². The van der Waals surface area contributed by atoms with E-state index in [0.717, 1.165) is 5.56 Å². The monoisotopic (exact) mass is 562 g/mol. The minimum Gasteiger partial charge on any atom is -0.458 e. The average Bonchev–Trinajstić information content (AvgIpc) is 2.79. The van der Waals surface area contributed by atoms with Crippen molar-refractivity contribution in [1.82, 2.24) is 21.3 Å². The highest BCUT2D eigenvalue weighted by atomic mass is 16.6. The Balaban J connectivity index is 2.82. The molecule has 1 aromatic carbocycles. The summed E-state index contributed by atoms with van der Waals surface area (Å²) < 4.78 is 10.6. The second kappa shape index (κ2) is 13.1. The zero-order chi connectivity index (χ0) is 31.1. The first-order chi connectivity index (χ1) is 18.1. The summed E-state index contributed by atoms with van der Waals surface area (Å²) in [6, 6.07) is 8.15. The minimum absolute atomic E-state index is 0.0288. The van der Waals surface area contributed by atoms with Gasteiger partial charge in [-0.15, -0.1) is 0 Å². The third-order valence-electron chi connectivity index (χ3n) is 5.80. The van der Waals surface area contributed by atoms with Crippen LogP contribution in [0.3, 0.4) is 0 Å². The van der Waals surface area contributed by atoms with E-state index in [1.807, 2.05) is 18.2 Å². The zero-order valence-electron chi connectivity index (χ0n) is 25.6. The summed E-state index contributed by atoms with van der Waals surface area (Å²) in [5.74, 6) is -2.74. The Morgan fingerprint density at radius 3 is 1.60 bits per heavy atom. The molecule has 0 bridgehead atoms. The van der Waals surface area contributed by atoms with Crippen LogP contribution in [-0.4, -0.2) is 58.0 Å². The van der Waals surface area contributed by atoms with Crippen molar-refractivity contribution >= 4 is 29.8 Å². The molecule has 0 aliphatic heterocycles. The second-order valence-corrected chi connectivity index (χ2v) is 12.7. The standard InChI is InChI=1S/C29H46N4O7/c1-18(2)20(21(34)40-26(3,4)5)30-22(35)27(6,7)31-23(36)28(8,9)32-24(37)29(10,11)33-25(38)39-17-19-15-13-12-14-16-19/h12-16,18,20H,17H2,1-11H3,(H,30,35)(H,31,36)(H,32,37)(H,33,38)/t20-/m0/s1. The lowest BCUT2D eigenvalue weighted by Gasteiger charge is -2.35. The lowest BCUT2D eigenvalue weighted by Crippen LogP contribution is -2.66. The molecule has 0 saturated heterocycles. The molecule has 0 saturated carbocycles. The van der Waals surface area contributed by atoms with Crippen LogP contribution in [-0.2, 0) is 35.3 Å². The van der Waals surface area contributed by atoms with E-state index in [0.29, 0.717) is 0 Å². The molecule has 224 valence electrons. The van der Waals surface area contributed by atoms with E-state index in [1.54, 1.807) is 46.8 Å². The van der Waals surface area contributed by atoms with E-state index in [-0.39, 0.29) is 12.5 Å². The largest absolute Gasteiger partial charge is 0.458 e. The van der Waals surface area contributed by atoms with Gasteiger partial charge in [-0.05, 0) is 73.8 Å². The molecule has 11 nitrogen and oxygen atoms in total. The van der Waals surface area contributed by atoms with Crippen LogP contribution in [0.4, 0.5) is 4.79 Å². The van der Waals surface area contributed by atoms with Crippen LogP contribution in [0, 0.1) is 5.92 Å². The predicted octanol–water partition coefficient (Wildman–Crippen LogP) is 2.96. The maximum atomic E-state index is 13.2. The van der Waals surface area contributed by atoms with Gasteiger partial charge in [-0.2, -0.15) is 0 Å². The summed E-state index contributed by atoms with van der Waals surface area (Å²) in [7, 11) is 0. The number of benzene rings is 1. The number of amides is 4. The highest BCUT2D eigenvalue weighted by Gasteiger charge is 2.41. The second-order valence-electron chi connectivity index (χ2n) is 12.7. The Bertz CT molecular complexity index is 1070. The van der Waals surface area contributed by atoms with Gasteiger partial charge in [0.1, 0.15) is 34.9 Å². The fourth-order valence-corrected chi connectivity index (χ4v) is 3.25. The Kier molecular flexibility index (Phi) is 11.3. The molecule has 11 heteroatoms. The van der Waals surface area contributed by atoms with E-state index in [4.69, 9.17) is 9.47 Å². The zero-order valence-corrected chi connectivity index (χ0v) is 25.6. The van der Waals surface area contributed by atoms with Crippen molar-refractivity contribution in [1.29, 1.82) is 0 Å². The summed E-state index contributed by atoms with van der Waals surface area (Å²) in [4.78, 5) is 64.2. The molecule has 0 fully saturated rings. The van der Waals surface area contributed by atoms with Crippen LogP contribution in [0.1, 0.15) is 81.7 Å². The molecule has 0 aliphatic rings. The third-order valence-corrected chi connectivity index (χ3v) is 5.80. The number of esters is 1. The van der Waals surface area contributed by atoms with Crippen LogP contribution < -0.4 is 21.3 Å². The molecule has 0 aromatic heterocycles. The Hall–Kier alpha value is -3.63. The molecular weight excluding hydrogens is 516 g/mol. The Morgan fingerprint density at radius 2 is 1.15 bits per heavy atom. The first kappa shape index (κ1) is 34.4. The topological polar surface area (TPSA) is 152 Å². The molecular formula is C29H46N4O7. The van der Waals surface area contributed by atoms with Crippen molar-refractivity contribution in [2.75, 3.05) is 0 Å². The quantitative estimate of drug-likeness (QED) is 0.303. The molecule has 0 unspecified atom stereocenters. The van der Waals surface area contributed by atoms with E-state index < -0.39 is 58.0 Å². The number of carbonyl (C=O) groups excluding carboxylic acids is 5. The molecule has 1 atom stereocenters. The van der Waals surface area contributed by atoms with Gasteiger partial charge in [0.05, 0.1) is 0 Å². The average molecular weight is 563 g/mol. The third kappa shape index (κ3) is 10.9. The molecule has 0 aliphatic carbocycles. The number of hydrogen-bond acceptors (Lipinski definition) is 7. The number of nitrogens with one attached hydrogen (secondary N) is 4. The van der Waals surface area contributed by atoms with Crippen LogP contribution in [0.25, 0.3) is 0 Å². The van der Waals surface area contributed by atoms with Crippen molar-refractivity contribution in [3.05, 3.63) is 35.9 Å². The van der Waals surface area contributed by atoms with Crippen molar-refractivity contribution in [3.8, 4) is 0 Å². The molecule has 0 heterocycles. The summed E-state index contributed by atoms with van der Waals surface area (Å²) >= 11 is 0. The van der Waals surface area contributed by atoms with Crippen LogP contribution in [0.2, 0.25) is 0 Å². The molecule has 4 N–H and O–H groups in total. The summed E-state index contributed by atoms with van der Waals surface area (Å²) in [6.07, 6.45) is -0.797. The smallest absolute Gasteiger partial charge is 0.408 e. The van der Waals surface area contributed by atoms with E-state index in [1.165, 1.54) is 41.5 Å². The fraction of sp³-hybridized carbons (Fsp3) is 0.621. The fourth-order valence-electron chi connectivity index (χ4n) is 3.25. The first-order valence-corrected chi connectivity index (χ1v) is 13.3. The molecule has 0 radical (unpaired) electrons. The lowest BCUT2D eigenvalue weighted by molar-refractivity contribution is -0.160. The van der Waals surface area contributed by atoms with Crippen molar-refractivity contribution in [3.63, 3.8) is 0 Å². The highest BCUT2D eigenvalue weighted by Crippen LogP contribution is 2.15. The number of hydrogen-bond donors (Lipinski definition) is 4. The minimum atomic E-state index is -1.47. The molecule has 40 heavy (non-hydrogen) atoms. The van der Waals surface area contributed by atoms with Gasteiger partial charge >= 0.3 is 12.1 Å².